The van der Waals surface area contributed by atoms with Gasteiger partial charge in [-0.05, 0) is 56.4 Å². The lowest BCUT2D eigenvalue weighted by Gasteiger charge is -2.28. The molecule has 24 heavy (non-hydrogen) atoms. The molecule has 1 aliphatic heterocycles. The molecule has 0 saturated carbocycles. The van der Waals surface area contributed by atoms with E-state index in [1.807, 2.05) is 38.2 Å². The van der Waals surface area contributed by atoms with Crippen LogP contribution in [0.25, 0.3) is 0 Å². The van der Waals surface area contributed by atoms with E-state index in [1.165, 1.54) is 19.3 Å². The number of nitrogens with one attached hydrogen (secondary N) is 1. The standard InChI is InChI=1S/C19H22ClN3O/c1-13-8-14(2)18(17(20)9-13)22-19(24)15-10-16(12-21-11-15)23-6-4-3-5-7-23/h8-12H,3-7H2,1-2H3,(H,22,24). The van der Waals surface area contributed by atoms with Gasteiger partial charge >= 0.3 is 0 Å². The third-order valence-electron chi connectivity index (χ3n) is 4.38. The third-order valence-corrected chi connectivity index (χ3v) is 4.68. The first-order valence-electron chi connectivity index (χ1n) is 8.32. The topological polar surface area (TPSA) is 45.2 Å². The van der Waals surface area contributed by atoms with Crippen molar-refractivity contribution in [3.05, 3.63) is 52.3 Å². The number of carbonyl (C=O) groups excluding carboxylic acids is 1. The summed E-state index contributed by atoms with van der Waals surface area (Å²) in [5.74, 6) is -0.185. The zero-order chi connectivity index (χ0) is 17.1. The van der Waals surface area contributed by atoms with Crippen LogP contribution in [0, 0.1) is 13.8 Å². The molecule has 1 aromatic heterocycles. The summed E-state index contributed by atoms with van der Waals surface area (Å²) in [5, 5.41) is 3.48. The molecule has 1 N–H and O–H groups in total. The normalized spacial score (nSPS) is 14.5. The zero-order valence-corrected chi connectivity index (χ0v) is 14.9. The Balaban J connectivity index is 1.80. The number of aryl methyl sites for hydroxylation is 2. The van der Waals surface area contributed by atoms with Gasteiger partial charge < -0.3 is 10.2 Å². The summed E-state index contributed by atoms with van der Waals surface area (Å²) in [6.07, 6.45) is 7.07. The Morgan fingerprint density at radius 3 is 2.58 bits per heavy atom. The predicted molar refractivity (Wildman–Crippen MR) is 99.2 cm³/mol. The SMILES string of the molecule is Cc1cc(C)c(NC(=O)c2cncc(N3CCCCC3)c2)c(Cl)c1. The Kier molecular flexibility index (Phi) is 5.05. The molecule has 1 amide bonds. The molecule has 0 bridgehead atoms. The van der Waals surface area contributed by atoms with E-state index in [0.717, 1.165) is 29.9 Å². The lowest BCUT2D eigenvalue weighted by molar-refractivity contribution is 0.102. The minimum atomic E-state index is -0.185. The molecule has 2 heterocycles. The van der Waals surface area contributed by atoms with Gasteiger partial charge in [0.25, 0.3) is 5.91 Å². The number of carbonyl (C=O) groups is 1. The Morgan fingerprint density at radius 1 is 1.12 bits per heavy atom. The van der Waals surface area contributed by atoms with Crippen molar-refractivity contribution >= 4 is 28.9 Å². The third kappa shape index (κ3) is 3.70. The van der Waals surface area contributed by atoms with E-state index >= 15 is 0 Å². The van der Waals surface area contributed by atoms with Crippen LogP contribution in [0.3, 0.4) is 0 Å². The van der Waals surface area contributed by atoms with Gasteiger partial charge in [-0.25, -0.2) is 0 Å². The average molecular weight is 344 g/mol. The van der Waals surface area contributed by atoms with E-state index < -0.39 is 0 Å². The predicted octanol–water partition coefficient (Wildman–Crippen LogP) is 4.59. The Bertz CT molecular complexity index is 731. The van der Waals surface area contributed by atoms with Crippen LogP contribution >= 0.6 is 11.6 Å². The second-order valence-electron chi connectivity index (χ2n) is 6.37. The molecule has 1 aromatic carbocycles. The molecule has 1 fully saturated rings. The Hall–Kier alpha value is -2.07. The van der Waals surface area contributed by atoms with Crippen LogP contribution in [0.5, 0.6) is 0 Å². The van der Waals surface area contributed by atoms with Crippen LogP contribution in [-0.2, 0) is 0 Å². The van der Waals surface area contributed by atoms with Gasteiger partial charge in [0.1, 0.15) is 0 Å². The molecule has 0 unspecified atom stereocenters. The van der Waals surface area contributed by atoms with E-state index in [2.05, 4.69) is 15.2 Å². The molecular formula is C19H22ClN3O. The van der Waals surface area contributed by atoms with Crippen molar-refractivity contribution in [3.8, 4) is 0 Å². The van der Waals surface area contributed by atoms with Gasteiger partial charge in [0.15, 0.2) is 0 Å². The second kappa shape index (κ2) is 7.22. The van der Waals surface area contributed by atoms with Crippen LogP contribution in [-0.4, -0.2) is 24.0 Å². The summed E-state index contributed by atoms with van der Waals surface area (Å²) >= 11 is 6.28. The van der Waals surface area contributed by atoms with Gasteiger partial charge in [0.05, 0.1) is 28.2 Å². The largest absolute Gasteiger partial charge is 0.370 e. The van der Waals surface area contributed by atoms with E-state index in [4.69, 9.17) is 11.6 Å². The maximum Gasteiger partial charge on any atom is 0.257 e. The quantitative estimate of drug-likeness (QED) is 0.886. The number of pyridine rings is 1. The molecule has 4 nitrogen and oxygen atoms in total. The minimum Gasteiger partial charge on any atom is -0.370 e. The molecule has 1 aliphatic rings. The number of amides is 1. The van der Waals surface area contributed by atoms with Crippen molar-refractivity contribution < 1.29 is 4.79 Å². The lowest BCUT2D eigenvalue weighted by atomic mass is 10.1. The first kappa shape index (κ1) is 16.8. The van der Waals surface area contributed by atoms with Crippen molar-refractivity contribution in [1.82, 2.24) is 4.98 Å². The fourth-order valence-electron chi connectivity index (χ4n) is 3.14. The van der Waals surface area contributed by atoms with Gasteiger partial charge in [-0.2, -0.15) is 0 Å². The van der Waals surface area contributed by atoms with Gasteiger partial charge in [-0.1, -0.05) is 17.7 Å². The highest BCUT2D eigenvalue weighted by molar-refractivity contribution is 6.34. The minimum absolute atomic E-state index is 0.185. The summed E-state index contributed by atoms with van der Waals surface area (Å²) in [7, 11) is 0. The van der Waals surface area contributed by atoms with E-state index in [-0.39, 0.29) is 5.91 Å². The van der Waals surface area contributed by atoms with Crippen molar-refractivity contribution in [2.75, 3.05) is 23.3 Å². The summed E-state index contributed by atoms with van der Waals surface area (Å²) in [5.41, 5.74) is 4.25. The monoisotopic (exact) mass is 343 g/mol. The molecule has 3 rings (SSSR count). The molecule has 0 atom stereocenters. The summed E-state index contributed by atoms with van der Waals surface area (Å²) in [6, 6.07) is 5.77. The lowest BCUT2D eigenvalue weighted by Crippen LogP contribution is -2.29. The maximum absolute atomic E-state index is 12.6. The number of aromatic nitrogens is 1. The fourth-order valence-corrected chi connectivity index (χ4v) is 3.51. The fraction of sp³-hybridized carbons (Fsp3) is 0.368. The van der Waals surface area contributed by atoms with Gasteiger partial charge in [-0.3, -0.25) is 9.78 Å². The molecule has 2 aromatic rings. The number of nitrogens with zero attached hydrogens (tertiary/aromatic N) is 2. The highest BCUT2D eigenvalue weighted by Gasteiger charge is 2.15. The highest BCUT2D eigenvalue weighted by Crippen LogP contribution is 2.28. The van der Waals surface area contributed by atoms with Crippen molar-refractivity contribution in [1.29, 1.82) is 0 Å². The molecule has 5 heteroatoms. The van der Waals surface area contributed by atoms with Crippen LogP contribution < -0.4 is 10.2 Å². The van der Waals surface area contributed by atoms with E-state index in [0.29, 0.717) is 16.3 Å². The van der Waals surface area contributed by atoms with Crippen LogP contribution in [0.2, 0.25) is 5.02 Å². The smallest absolute Gasteiger partial charge is 0.257 e. The summed E-state index contributed by atoms with van der Waals surface area (Å²) < 4.78 is 0. The van der Waals surface area contributed by atoms with Crippen LogP contribution in [0.4, 0.5) is 11.4 Å². The van der Waals surface area contributed by atoms with Gasteiger partial charge in [-0.15, -0.1) is 0 Å². The first-order valence-corrected chi connectivity index (χ1v) is 8.70. The number of halogens is 1. The van der Waals surface area contributed by atoms with E-state index in [9.17, 15) is 4.79 Å². The molecule has 0 radical (unpaired) electrons. The van der Waals surface area contributed by atoms with Crippen LogP contribution in [0.1, 0.15) is 40.7 Å². The summed E-state index contributed by atoms with van der Waals surface area (Å²) in [4.78, 5) is 19.1. The molecule has 0 spiro atoms. The van der Waals surface area contributed by atoms with Crippen LogP contribution in [0.15, 0.2) is 30.6 Å². The number of hydrogen-bond acceptors (Lipinski definition) is 3. The molecular weight excluding hydrogens is 322 g/mol. The highest BCUT2D eigenvalue weighted by atomic mass is 35.5. The average Bonchev–Trinajstić information content (AvgIpc) is 2.59. The Labute approximate surface area is 147 Å². The van der Waals surface area contributed by atoms with Crippen molar-refractivity contribution in [2.24, 2.45) is 0 Å². The molecule has 0 aliphatic carbocycles. The van der Waals surface area contributed by atoms with Crippen molar-refractivity contribution in [2.45, 2.75) is 33.1 Å². The molecule has 1 saturated heterocycles. The number of hydrogen-bond donors (Lipinski definition) is 1. The Morgan fingerprint density at radius 2 is 1.88 bits per heavy atom. The zero-order valence-electron chi connectivity index (χ0n) is 14.1. The first-order chi connectivity index (χ1) is 11.5. The summed E-state index contributed by atoms with van der Waals surface area (Å²) in [6.45, 7) is 5.97. The van der Waals surface area contributed by atoms with Gasteiger partial charge in [0.2, 0.25) is 0 Å². The number of anilines is 2. The van der Waals surface area contributed by atoms with Crippen molar-refractivity contribution in [3.63, 3.8) is 0 Å². The number of piperidine rings is 1. The number of benzene rings is 1. The van der Waals surface area contributed by atoms with Gasteiger partial charge in [0, 0.05) is 19.3 Å². The number of rotatable bonds is 3. The second-order valence-corrected chi connectivity index (χ2v) is 6.78. The molecule has 126 valence electrons. The maximum atomic E-state index is 12.6. The van der Waals surface area contributed by atoms with E-state index in [1.54, 1.807) is 6.20 Å².